The first-order chi connectivity index (χ1) is 11.5. The second-order valence-electron chi connectivity index (χ2n) is 6.49. The number of hydrogen-bond donors (Lipinski definition) is 0. The Morgan fingerprint density at radius 2 is 1.83 bits per heavy atom. The summed E-state index contributed by atoms with van der Waals surface area (Å²) in [4.78, 5) is 23.0. The number of amides is 1. The maximum atomic E-state index is 12.4. The molecular formula is C19H17N3OS. The van der Waals surface area contributed by atoms with Crippen molar-refractivity contribution in [3.8, 4) is 21.8 Å². The SMILES string of the molecule is CN1C(=O)C(C)(C)c2cc(-c3csc(-c4ccncc4)n3)ccc21. The van der Waals surface area contributed by atoms with Gasteiger partial charge in [0.05, 0.1) is 11.1 Å². The number of pyridine rings is 1. The summed E-state index contributed by atoms with van der Waals surface area (Å²) in [6.45, 7) is 3.95. The standard InChI is InChI=1S/C19H17N3OS/c1-19(2)14-10-13(4-5-16(14)22(3)18(19)23)15-11-24-17(21-15)12-6-8-20-9-7-12/h4-11H,1-3H3. The Kier molecular flexibility index (Phi) is 3.28. The van der Waals surface area contributed by atoms with Gasteiger partial charge in [0.15, 0.2) is 0 Å². The zero-order valence-corrected chi connectivity index (χ0v) is 14.6. The molecule has 1 aliphatic heterocycles. The molecule has 0 N–H and O–H groups in total. The van der Waals surface area contributed by atoms with Gasteiger partial charge in [0.25, 0.3) is 0 Å². The van der Waals surface area contributed by atoms with Crippen molar-refractivity contribution >= 4 is 22.9 Å². The molecule has 3 heterocycles. The van der Waals surface area contributed by atoms with Crippen molar-refractivity contribution in [3.63, 3.8) is 0 Å². The van der Waals surface area contributed by atoms with E-state index in [-0.39, 0.29) is 5.91 Å². The predicted octanol–water partition coefficient (Wildman–Crippen LogP) is 4.13. The number of anilines is 1. The van der Waals surface area contributed by atoms with Crippen molar-refractivity contribution in [3.05, 3.63) is 53.7 Å². The maximum Gasteiger partial charge on any atom is 0.236 e. The number of carbonyl (C=O) groups is 1. The van der Waals surface area contributed by atoms with Crippen molar-refractivity contribution in [2.75, 3.05) is 11.9 Å². The van der Waals surface area contributed by atoms with E-state index < -0.39 is 5.41 Å². The average molecular weight is 335 g/mol. The molecule has 1 amide bonds. The summed E-state index contributed by atoms with van der Waals surface area (Å²) in [5, 5.41) is 3.03. The molecule has 24 heavy (non-hydrogen) atoms. The second-order valence-corrected chi connectivity index (χ2v) is 7.35. The van der Waals surface area contributed by atoms with Gasteiger partial charge in [-0.2, -0.15) is 0 Å². The number of hydrogen-bond acceptors (Lipinski definition) is 4. The number of nitrogens with zero attached hydrogens (tertiary/aromatic N) is 3. The summed E-state index contributed by atoms with van der Waals surface area (Å²) < 4.78 is 0. The fraction of sp³-hybridized carbons (Fsp3) is 0.211. The molecule has 0 fully saturated rings. The van der Waals surface area contributed by atoms with Gasteiger partial charge in [0, 0.05) is 41.6 Å². The summed E-state index contributed by atoms with van der Waals surface area (Å²) in [6.07, 6.45) is 3.55. The van der Waals surface area contributed by atoms with E-state index in [4.69, 9.17) is 4.98 Å². The quantitative estimate of drug-likeness (QED) is 0.707. The average Bonchev–Trinajstić information content (AvgIpc) is 3.16. The number of carbonyl (C=O) groups excluding carboxylic acids is 1. The van der Waals surface area contributed by atoms with E-state index in [2.05, 4.69) is 16.4 Å². The highest BCUT2D eigenvalue weighted by atomic mass is 32.1. The molecule has 1 aromatic carbocycles. The summed E-state index contributed by atoms with van der Waals surface area (Å²) >= 11 is 1.62. The van der Waals surface area contributed by atoms with Crippen LogP contribution in [0.2, 0.25) is 0 Å². The number of aromatic nitrogens is 2. The van der Waals surface area contributed by atoms with E-state index >= 15 is 0 Å². The second kappa shape index (κ2) is 5.24. The molecular weight excluding hydrogens is 318 g/mol. The largest absolute Gasteiger partial charge is 0.314 e. The summed E-state index contributed by atoms with van der Waals surface area (Å²) in [7, 11) is 1.83. The van der Waals surface area contributed by atoms with Gasteiger partial charge in [-0.3, -0.25) is 9.78 Å². The van der Waals surface area contributed by atoms with Gasteiger partial charge < -0.3 is 4.90 Å². The number of likely N-dealkylation sites (N-methyl/N-ethyl adjacent to an activating group) is 1. The number of rotatable bonds is 2. The van der Waals surface area contributed by atoms with Gasteiger partial charge in [0.2, 0.25) is 5.91 Å². The summed E-state index contributed by atoms with van der Waals surface area (Å²) in [6, 6.07) is 10.1. The van der Waals surface area contributed by atoms with E-state index in [1.54, 1.807) is 28.6 Å². The third-order valence-electron chi connectivity index (χ3n) is 4.60. The van der Waals surface area contributed by atoms with E-state index in [9.17, 15) is 4.79 Å². The van der Waals surface area contributed by atoms with Gasteiger partial charge in [-0.1, -0.05) is 6.07 Å². The topological polar surface area (TPSA) is 46.1 Å². The van der Waals surface area contributed by atoms with Crippen LogP contribution < -0.4 is 4.90 Å². The minimum atomic E-state index is -0.496. The number of benzene rings is 1. The van der Waals surface area contributed by atoms with Gasteiger partial charge in [-0.15, -0.1) is 11.3 Å². The Balaban J connectivity index is 1.76. The van der Waals surface area contributed by atoms with Crippen LogP contribution in [0.15, 0.2) is 48.1 Å². The van der Waals surface area contributed by atoms with Gasteiger partial charge >= 0.3 is 0 Å². The molecule has 0 saturated carbocycles. The van der Waals surface area contributed by atoms with Crippen LogP contribution in [0.4, 0.5) is 5.69 Å². The van der Waals surface area contributed by atoms with Crippen molar-refractivity contribution < 1.29 is 4.79 Å². The molecule has 0 aliphatic carbocycles. The zero-order chi connectivity index (χ0) is 16.9. The summed E-state index contributed by atoms with van der Waals surface area (Å²) in [5.41, 5.74) is 4.60. The van der Waals surface area contributed by atoms with Crippen molar-refractivity contribution in [2.24, 2.45) is 0 Å². The lowest BCUT2D eigenvalue weighted by atomic mass is 9.85. The minimum Gasteiger partial charge on any atom is -0.314 e. The first-order valence-corrected chi connectivity index (χ1v) is 8.65. The van der Waals surface area contributed by atoms with Crippen LogP contribution in [0.3, 0.4) is 0 Å². The summed E-state index contributed by atoms with van der Waals surface area (Å²) in [5.74, 6) is 0.130. The predicted molar refractivity (Wildman–Crippen MR) is 97.2 cm³/mol. The normalized spacial score (nSPS) is 15.6. The molecule has 2 aromatic heterocycles. The Morgan fingerprint density at radius 3 is 2.58 bits per heavy atom. The lowest BCUT2D eigenvalue weighted by molar-refractivity contribution is -0.121. The molecule has 0 unspecified atom stereocenters. The fourth-order valence-electron chi connectivity index (χ4n) is 3.17. The lowest BCUT2D eigenvalue weighted by Gasteiger charge is -2.16. The van der Waals surface area contributed by atoms with Gasteiger partial charge in [-0.05, 0) is 43.7 Å². The molecule has 0 atom stereocenters. The smallest absolute Gasteiger partial charge is 0.236 e. The van der Waals surface area contributed by atoms with Crippen LogP contribution in [0.5, 0.6) is 0 Å². The van der Waals surface area contributed by atoms with Crippen LogP contribution in [-0.2, 0) is 10.2 Å². The Morgan fingerprint density at radius 1 is 1.08 bits per heavy atom. The first kappa shape index (κ1) is 15.0. The third kappa shape index (κ3) is 2.16. The minimum absolute atomic E-state index is 0.130. The maximum absolute atomic E-state index is 12.4. The van der Waals surface area contributed by atoms with Gasteiger partial charge in [-0.25, -0.2) is 4.98 Å². The van der Waals surface area contributed by atoms with Crippen molar-refractivity contribution in [2.45, 2.75) is 19.3 Å². The van der Waals surface area contributed by atoms with E-state index in [0.717, 1.165) is 33.1 Å². The molecule has 120 valence electrons. The molecule has 3 aromatic rings. The van der Waals surface area contributed by atoms with E-state index in [1.807, 2.05) is 45.2 Å². The Hall–Kier alpha value is -2.53. The monoisotopic (exact) mass is 335 g/mol. The molecule has 0 bridgehead atoms. The fourth-order valence-corrected chi connectivity index (χ4v) is 4.00. The molecule has 0 saturated heterocycles. The Labute approximate surface area is 144 Å². The van der Waals surface area contributed by atoms with Crippen molar-refractivity contribution in [1.29, 1.82) is 0 Å². The molecule has 0 radical (unpaired) electrons. The molecule has 4 nitrogen and oxygen atoms in total. The molecule has 1 aliphatic rings. The van der Waals surface area contributed by atoms with E-state index in [0.29, 0.717) is 0 Å². The highest BCUT2D eigenvalue weighted by Gasteiger charge is 2.42. The lowest BCUT2D eigenvalue weighted by Crippen LogP contribution is -2.33. The van der Waals surface area contributed by atoms with E-state index in [1.165, 1.54) is 0 Å². The zero-order valence-electron chi connectivity index (χ0n) is 13.8. The molecule has 4 rings (SSSR count). The third-order valence-corrected chi connectivity index (χ3v) is 5.49. The molecule has 5 heteroatoms. The van der Waals surface area contributed by atoms with Crippen LogP contribution in [-0.4, -0.2) is 22.9 Å². The number of fused-ring (bicyclic) bond motifs is 1. The van der Waals surface area contributed by atoms with Crippen molar-refractivity contribution in [1.82, 2.24) is 9.97 Å². The van der Waals surface area contributed by atoms with Crippen LogP contribution in [0.1, 0.15) is 19.4 Å². The first-order valence-electron chi connectivity index (χ1n) is 7.77. The van der Waals surface area contributed by atoms with Crippen LogP contribution in [0.25, 0.3) is 21.8 Å². The highest BCUT2D eigenvalue weighted by Crippen LogP contribution is 2.42. The molecule has 0 spiro atoms. The van der Waals surface area contributed by atoms with Crippen LogP contribution >= 0.6 is 11.3 Å². The van der Waals surface area contributed by atoms with Gasteiger partial charge in [0.1, 0.15) is 5.01 Å². The van der Waals surface area contributed by atoms with Crippen LogP contribution in [0, 0.1) is 0 Å². The Bertz CT molecular complexity index is 931. The highest BCUT2D eigenvalue weighted by molar-refractivity contribution is 7.13. The number of thiazole rings is 1.